The maximum atomic E-state index is 5.26. The first-order valence-electron chi connectivity index (χ1n) is 6.36. The van der Waals surface area contributed by atoms with Gasteiger partial charge in [-0.05, 0) is 36.1 Å². The lowest BCUT2D eigenvalue weighted by Crippen LogP contribution is -2.21. The van der Waals surface area contributed by atoms with Gasteiger partial charge in [-0.2, -0.15) is 5.10 Å². The summed E-state index contributed by atoms with van der Waals surface area (Å²) >= 11 is 0. The largest absolute Gasteiger partial charge is 0.369 e. The van der Waals surface area contributed by atoms with E-state index in [0.29, 0.717) is 0 Å². The van der Waals surface area contributed by atoms with Crippen LogP contribution >= 0.6 is 0 Å². The van der Waals surface area contributed by atoms with Crippen molar-refractivity contribution in [3.05, 3.63) is 59.2 Å². The van der Waals surface area contributed by atoms with Gasteiger partial charge >= 0.3 is 0 Å². The molecule has 4 heteroatoms. The van der Waals surface area contributed by atoms with Crippen molar-refractivity contribution in [3.63, 3.8) is 0 Å². The van der Waals surface area contributed by atoms with Gasteiger partial charge in [0.15, 0.2) is 0 Å². The van der Waals surface area contributed by atoms with Crippen LogP contribution in [-0.2, 0) is 0 Å². The van der Waals surface area contributed by atoms with Crippen LogP contribution in [0, 0.1) is 13.8 Å². The van der Waals surface area contributed by atoms with Gasteiger partial charge in [-0.1, -0.05) is 42.5 Å². The molecular formula is C16H18N4. The molecule has 0 aliphatic heterocycles. The molecule has 0 aliphatic rings. The molecule has 0 aromatic heterocycles. The molecule has 4 N–H and O–H groups in total. The summed E-state index contributed by atoms with van der Waals surface area (Å²) in [6.07, 6.45) is 1.66. The fourth-order valence-corrected chi connectivity index (χ4v) is 1.94. The average molecular weight is 266 g/mol. The molecule has 0 amide bonds. The first-order chi connectivity index (χ1) is 9.58. The van der Waals surface area contributed by atoms with Crippen molar-refractivity contribution in [1.29, 1.82) is 0 Å². The van der Waals surface area contributed by atoms with Crippen LogP contribution in [0.4, 0.5) is 0 Å². The zero-order chi connectivity index (χ0) is 14.5. The highest BCUT2D eigenvalue weighted by atomic mass is 15.3. The number of nitrogens with two attached hydrogens (primary N) is 2. The van der Waals surface area contributed by atoms with Gasteiger partial charge in [-0.3, -0.25) is 0 Å². The Labute approximate surface area is 118 Å². The van der Waals surface area contributed by atoms with Crippen molar-refractivity contribution < 1.29 is 0 Å². The molecule has 0 unspecified atom stereocenters. The van der Waals surface area contributed by atoms with Gasteiger partial charge in [0, 0.05) is 5.56 Å². The van der Waals surface area contributed by atoms with Gasteiger partial charge in [0.2, 0.25) is 5.96 Å². The van der Waals surface area contributed by atoms with E-state index >= 15 is 0 Å². The summed E-state index contributed by atoms with van der Waals surface area (Å²) in [5, 5.41) is 7.51. The van der Waals surface area contributed by atoms with Crippen molar-refractivity contribution >= 4 is 12.2 Å². The Kier molecular flexibility index (Phi) is 4.15. The number of rotatable bonds is 3. The Hall–Kier alpha value is -2.62. The van der Waals surface area contributed by atoms with E-state index in [1.165, 1.54) is 11.1 Å². The molecule has 0 radical (unpaired) electrons. The molecule has 0 heterocycles. The lowest BCUT2D eigenvalue weighted by atomic mass is 9.97. The molecule has 20 heavy (non-hydrogen) atoms. The third kappa shape index (κ3) is 3.23. The number of guanidine groups is 1. The number of hydrogen-bond acceptors (Lipinski definition) is 2. The van der Waals surface area contributed by atoms with Crippen molar-refractivity contribution in [2.24, 2.45) is 21.7 Å². The molecule has 0 spiro atoms. The molecule has 2 rings (SSSR count). The zero-order valence-electron chi connectivity index (χ0n) is 11.7. The Morgan fingerprint density at radius 3 is 2.45 bits per heavy atom. The molecule has 4 nitrogen and oxygen atoms in total. The van der Waals surface area contributed by atoms with Crippen LogP contribution in [-0.4, -0.2) is 12.2 Å². The number of hydrogen-bond donors (Lipinski definition) is 2. The molecule has 0 aliphatic carbocycles. The van der Waals surface area contributed by atoms with Gasteiger partial charge < -0.3 is 11.5 Å². The molecule has 0 atom stereocenters. The normalized spacial score (nSPS) is 10.7. The maximum absolute atomic E-state index is 5.26. The van der Waals surface area contributed by atoms with Crippen molar-refractivity contribution in [1.82, 2.24) is 0 Å². The Morgan fingerprint density at radius 2 is 1.75 bits per heavy atom. The van der Waals surface area contributed by atoms with E-state index in [4.69, 9.17) is 11.5 Å². The number of benzene rings is 2. The summed E-state index contributed by atoms with van der Waals surface area (Å²) in [4.78, 5) is 0. The van der Waals surface area contributed by atoms with Crippen LogP contribution in [0.3, 0.4) is 0 Å². The van der Waals surface area contributed by atoms with E-state index in [9.17, 15) is 0 Å². The quantitative estimate of drug-likeness (QED) is 0.509. The molecule has 0 bridgehead atoms. The monoisotopic (exact) mass is 266 g/mol. The van der Waals surface area contributed by atoms with Crippen LogP contribution < -0.4 is 11.5 Å². The Balaban J connectivity index is 2.44. The molecule has 0 fully saturated rings. The molecule has 2 aromatic rings. The summed E-state index contributed by atoms with van der Waals surface area (Å²) in [6, 6.07) is 14.4. The van der Waals surface area contributed by atoms with Gasteiger partial charge in [0.25, 0.3) is 0 Å². The zero-order valence-corrected chi connectivity index (χ0v) is 11.7. The summed E-state index contributed by atoms with van der Waals surface area (Å²) < 4.78 is 0. The minimum Gasteiger partial charge on any atom is -0.369 e. The van der Waals surface area contributed by atoms with Crippen LogP contribution in [0.2, 0.25) is 0 Å². The lowest BCUT2D eigenvalue weighted by Gasteiger charge is -2.08. The second-order valence-electron chi connectivity index (χ2n) is 4.66. The van der Waals surface area contributed by atoms with Crippen LogP contribution in [0.15, 0.2) is 52.7 Å². The smallest absolute Gasteiger partial charge is 0.211 e. The van der Waals surface area contributed by atoms with Crippen LogP contribution in [0.1, 0.15) is 16.7 Å². The van der Waals surface area contributed by atoms with Gasteiger partial charge in [0.05, 0.1) is 6.21 Å². The summed E-state index contributed by atoms with van der Waals surface area (Å²) in [7, 11) is 0. The summed E-state index contributed by atoms with van der Waals surface area (Å²) in [5.74, 6) is -0.0510. The van der Waals surface area contributed by atoms with E-state index in [1.807, 2.05) is 18.2 Å². The van der Waals surface area contributed by atoms with Gasteiger partial charge in [-0.25, -0.2) is 0 Å². The van der Waals surface area contributed by atoms with Crippen molar-refractivity contribution in [2.45, 2.75) is 13.8 Å². The Morgan fingerprint density at radius 1 is 1.00 bits per heavy atom. The van der Waals surface area contributed by atoms with Gasteiger partial charge in [0.1, 0.15) is 0 Å². The topological polar surface area (TPSA) is 76.8 Å². The van der Waals surface area contributed by atoms with E-state index in [2.05, 4.69) is 48.3 Å². The minimum absolute atomic E-state index is 0.0510. The van der Waals surface area contributed by atoms with Crippen LogP contribution in [0.25, 0.3) is 11.1 Å². The standard InChI is InChI=1S/C16H18N4/c1-11-7-8-13(9-12(11)2)15-6-4-3-5-14(15)10-19-20-16(17)18/h3-10H,1-2H3,(H4,17,18,20). The predicted molar refractivity (Wildman–Crippen MR) is 84.8 cm³/mol. The van der Waals surface area contributed by atoms with E-state index in [1.54, 1.807) is 6.21 Å². The first-order valence-corrected chi connectivity index (χ1v) is 6.36. The average Bonchev–Trinajstić information content (AvgIpc) is 2.42. The highest BCUT2D eigenvalue weighted by Crippen LogP contribution is 2.24. The van der Waals surface area contributed by atoms with E-state index < -0.39 is 0 Å². The predicted octanol–water partition coefficient (Wildman–Crippen LogP) is 2.58. The fraction of sp³-hybridized carbons (Fsp3) is 0.125. The van der Waals surface area contributed by atoms with E-state index in [0.717, 1.165) is 16.7 Å². The Bertz CT molecular complexity index is 668. The third-order valence-corrected chi connectivity index (χ3v) is 3.15. The second-order valence-corrected chi connectivity index (χ2v) is 4.66. The minimum atomic E-state index is -0.0510. The van der Waals surface area contributed by atoms with Crippen molar-refractivity contribution in [3.8, 4) is 11.1 Å². The number of nitrogens with zero attached hydrogens (tertiary/aromatic N) is 2. The highest BCUT2D eigenvalue weighted by molar-refractivity contribution is 5.90. The van der Waals surface area contributed by atoms with Crippen LogP contribution in [0.5, 0.6) is 0 Å². The molecule has 0 saturated carbocycles. The summed E-state index contributed by atoms with van der Waals surface area (Å²) in [6.45, 7) is 4.21. The fourth-order valence-electron chi connectivity index (χ4n) is 1.94. The molecule has 102 valence electrons. The summed E-state index contributed by atoms with van der Waals surface area (Å²) in [5.41, 5.74) is 16.3. The van der Waals surface area contributed by atoms with Crippen molar-refractivity contribution in [2.75, 3.05) is 0 Å². The first kappa shape index (κ1) is 13.8. The maximum Gasteiger partial charge on any atom is 0.211 e. The SMILES string of the molecule is Cc1ccc(-c2ccccc2C=NN=C(N)N)cc1C. The lowest BCUT2D eigenvalue weighted by molar-refractivity contribution is 1.21. The molecular weight excluding hydrogens is 248 g/mol. The third-order valence-electron chi connectivity index (χ3n) is 3.15. The van der Waals surface area contributed by atoms with Gasteiger partial charge in [-0.15, -0.1) is 5.10 Å². The second kappa shape index (κ2) is 6.02. The number of aryl methyl sites for hydroxylation is 2. The molecule has 0 saturated heterocycles. The molecule has 2 aromatic carbocycles. The van der Waals surface area contributed by atoms with E-state index in [-0.39, 0.29) is 5.96 Å². The highest BCUT2D eigenvalue weighted by Gasteiger charge is 2.04.